The molecule has 5 heteroatoms. The maximum absolute atomic E-state index is 13.0. The standard InChI is InChI=1S/C16H26N4O/c1-4-20-15(11-12(2)17-20)16(21)19-10-6-8-14(19)13-7-5-9-18(13)3/h11,13-14H,4-10H2,1-3H3/t13-,14+/m1/s1. The van der Waals surface area contributed by atoms with Crippen molar-refractivity contribution >= 4 is 5.91 Å². The largest absolute Gasteiger partial charge is 0.333 e. The molecule has 0 unspecified atom stereocenters. The summed E-state index contributed by atoms with van der Waals surface area (Å²) in [5.41, 5.74) is 1.68. The molecule has 116 valence electrons. The van der Waals surface area contributed by atoms with Crippen LogP contribution in [0.4, 0.5) is 0 Å². The first-order valence-electron chi connectivity index (χ1n) is 8.17. The van der Waals surface area contributed by atoms with Gasteiger partial charge in [-0.25, -0.2) is 0 Å². The maximum atomic E-state index is 13.0. The van der Waals surface area contributed by atoms with Gasteiger partial charge in [0.1, 0.15) is 5.69 Å². The van der Waals surface area contributed by atoms with Gasteiger partial charge in [-0.2, -0.15) is 5.10 Å². The highest BCUT2D eigenvalue weighted by Gasteiger charge is 2.39. The highest BCUT2D eigenvalue weighted by molar-refractivity contribution is 5.93. The van der Waals surface area contributed by atoms with Crippen LogP contribution in [-0.2, 0) is 6.54 Å². The number of carbonyl (C=O) groups is 1. The minimum Gasteiger partial charge on any atom is -0.333 e. The number of aromatic nitrogens is 2. The predicted molar refractivity (Wildman–Crippen MR) is 82.3 cm³/mol. The second kappa shape index (κ2) is 5.79. The molecule has 0 bridgehead atoms. The molecule has 0 N–H and O–H groups in total. The monoisotopic (exact) mass is 290 g/mol. The third-order valence-corrected chi connectivity index (χ3v) is 5.00. The van der Waals surface area contributed by atoms with E-state index >= 15 is 0 Å². The lowest BCUT2D eigenvalue weighted by Gasteiger charge is -2.33. The van der Waals surface area contributed by atoms with Crippen molar-refractivity contribution in [2.24, 2.45) is 0 Å². The Morgan fingerprint density at radius 3 is 2.67 bits per heavy atom. The van der Waals surface area contributed by atoms with E-state index in [1.165, 1.54) is 12.8 Å². The van der Waals surface area contributed by atoms with Crippen LogP contribution in [0.1, 0.15) is 48.8 Å². The average molecular weight is 290 g/mol. The van der Waals surface area contributed by atoms with Crippen LogP contribution in [0.15, 0.2) is 6.07 Å². The zero-order chi connectivity index (χ0) is 15.0. The van der Waals surface area contributed by atoms with E-state index in [1.807, 2.05) is 24.6 Å². The van der Waals surface area contributed by atoms with Crippen LogP contribution in [0.2, 0.25) is 0 Å². The van der Waals surface area contributed by atoms with Crippen LogP contribution in [0.25, 0.3) is 0 Å². The zero-order valence-electron chi connectivity index (χ0n) is 13.4. The van der Waals surface area contributed by atoms with Gasteiger partial charge < -0.3 is 9.80 Å². The lowest BCUT2D eigenvalue weighted by atomic mass is 10.0. The van der Waals surface area contributed by atoms with Gasteiger partial charge in [0.15, 0.2) is 0 Å². The second-order valence-electron chi connectivity index (χ2n) is 6.39. The van der Waals surface area contributed by atoms with E-state index in [0.717, 1.165) is 43.9 Å². The highest BCUT2D eigenvalue weighted by atomic mass is 16.2. The first-order chi connectivity index (χ1) is 10.1. The number of aryl methyl sites for hydroxylation is 2. The molecule has 2 aliphatic rings. The van der Waals surface area contributed by atoms with Gasteiger partial charge in [0.2, 0.25) is 0 Å². The lowest BCUT2D eigenvalue weighted by molar-refractivity contribution is 0.0652. The summed E-state index contributed by atoms with van der Waals surface area (Å²) in [4.78, 5) is 17.5. The molecule has 1 aromatic heterocycles. The summed E-state index contributed by atoms with van der Waals surface area (Å²) < 4.78 is 1.84. The van der Waals surface area contributed by atoms with Crippen LogP contribution in [0, 0.1) is 6.92 Å². The van der Waals surface area contributed by atoms with Crippen molar-refractivity contribution in [2.45, 2.75) is 58.2 Å². The Labute approximate surface area is 126 Å². The molecular formula is C16H26N4O. The summed E-state index contributed by atoms with van der Waals surface area (Å²) in [7, 11) is 2.19. The molecule has 2 aliphatic heterocycles. The molecule has 5 nitrogen and oxygen atoms in total. The van der Waals surface area contributed by atoms with Crippen LogP contribution in [0.5, 0.6) is 0 Å². The van der Waals surface area contributed by atoms with Crippen molar-refractivity contribution in [3.8, 4) is 0 Å². The average Bonchev–Trinajstić information content (AvgIpc) is 3.16. The van der Waals surface area contributed by atoms with E-state index in [1.54, 1.807) is 0 Å². The Balaban J connectivity index is 1.82. The molecule has 0 spiro atoms. The minimum absolute atomic E-state index is 0.167. The molecule has 21 heavy (non-hydrogen) atoms. The smallest absolute Gasteiger partial charge is 0.272 e. The van der Waals surface area contributed by atoms with Crippen LogP contribution >= 0.6 is 0 Å². The highest BCUT2D eigenvalue weighted by Crippen LogP contribution is 2.30. The first kappa shape index (κ1) is 14.6. The fourth-order valence-electron chi connectivity index (χ4n) is 3.97. The molecule has 3 rings (SSSR count). The van der Waals surface area contributed by atoms with Crippen molar-refractivity contribution in [3.05, 3.63) is 17.5 Å². The van der Waals surface area contributed by atoms with Crippen LogP contribution in [0.3, 0.4) is 0 Å². The number of carbonyl (C=O) groups excluding carboxylic acids is 1. The number of amides is 1. The van der Waals surface area contributed by atoms with Gasteiger partial charge in [0.25, 0.3) is 5.91 Å². The van der Waals surface area contributed by atoms with Crippen molar-refractivity contribution in [1.82, 2.24) is 19.6 Å². The fraction of sp³-hybridized carbons (Fsp3) is 0.750. The third kappa shape index (κ3) is 2.59. The molecule has 0 aliphatic carbocycles. The predicted octanol–water partition coefficient (Wildman–Crippen LogP) is 1.91. The molecule has 1 amide bonds. The fourth-order valence-corrected chi connectivity index (χ4v) is 3.97. The van der Waals surface area contributed by atoms with Crippen molar-refractivity contribution in [3.63, 3.8) is 0 Å². The van der Waals surface area contributed by atoms with Gasteiger partial charge in [-0.1, -0.05) is 0 Å². The minimum atomic E-state index is 0.167. The lowest BCUT2D eigenvalue weighted by Crippen LogP contribution is -2.47. The Morgan fingerprint density at radius 2 is 2.00 bits per heavy atom. The summed E-state index contributed by atoms with van der Waals surface area (Å²) >= 11 is 0. The quantitative estimate of drug-likeness (QED) is 0.854. The Hall–Kier alpha value is -1.36. The van der Waals surface area contributed by atoms with Gasteiger partial charge in [-0.3, -0.25) is 9.48 Å². The van der Waals surface area contributed by atoms with Gasteiger partial charge in [0, 0.05) is 25.2 Å². The Morgan fingerprint density at radius 1 is 1.29 bits per heavy atom. The molecule has 2 fully saturated rings. The molecule has 1 aromatic rings. The third-order valence-electron chi connectivity index (χ3n) is 5.00. The maximum Gasteiger partial charge on any atom is 0.272 e. The zero-order valence-corrected chi connectivity index (χ0v) is 13.4. The van der Waals surface area contributed by atoms with Crippen molar-refractivity contribution < 1.29 is 4.79 Å². The van der Waals surface area contributed by atoms with E-state index < -0.39 is 0 Å². The second-order valence-corrected chi connectivity index (χ2v) is 6.39. The van der Waals surface area contributed by atoms with Crippen LogP contribution in [-0.4, -0.2) is 57.7 Å². The first-order valence-corrected chi connectivity index (χ1v) is 8.17. The number of hydrogen-bond acceptors (Lipinski definition) is 3. The number of rotatable bonds is 3. The molecule has 2 atom stereocenters. The molecule has 3 heterocycles. The number of likely N-dealkylation sites (tertiary alicyclic amines) is 2. The van der Waals surface area contributed by atoms with Gasteiger partial charge in [0.05, 0.1) is 5.69 Å². The number of hydrogen-bond donors (Lipinski definition) is 0. The van der Waals surface area contributed by atoms with Crippen molar-refractivity contribution in [1.29, 1.82) is 0 Å². The van der Waals surface area contributed by atoms with Gasteiger partial charge in [-0.15, -0.1) is 0 Å². The van der Waals surface area contributed by atoms with Crippen molar-refractivity contribution in [2.75, 3.05) is 20.1 Å². The van der Waals surface area contributed by atoms with E-state index in [9.17, 15) is 4.79 Å². The summed E-state index contributed by atoms with van der Waals surface area (Å²) in [6.07, 6.45) is 4.74. The molecule has 2 saturated heterocycles. The number of nitrogens with zero attached hydrogens (tertiary/aromatic N) is 4. The Bertz CT molecular complexity index is 524. The van der Waals surface area contributed by atoms with E-state index in [4.69, 9.17) is 0 Å². The van der Waals surface area contributed by atoms with E-state index in [2.05, 4.69) is 21.9 Å². The summed E-state index contributed by atoms with van der Waals surface area (Å²) in [6, 6.07) is 2.85. The van der Waals surface area contributed by atoms with E-state index in [-0.39, 0.29) is 5.91 Å². The Kier molecular flexibility index (Phi) is 4.02. The topological polar surface area (TPSA) is 41.4 Å². The van der Waals surface area contributed by atoms with Gasteiger partial charge >= 0.3 is 0 Å². The summed E-state index contributed by atoms with van der Waals surface area (Å²) in [6.45, 7) is 6.79. The van der Waals surface area contributed by atoms with Gasteiger partial charge in [-0.05, 0) is 59.2 Å². The molecular weight excluding hydrogens is 264 g/mol. The number of likely N-dealkylation sites (N-methyl/N-ethyl adjacent to an activating group) is 1. The van der Waals surface area contributed by atoms with Crippen LogP contribution < -0.4 is 0 Å². The summed E-state index contributed by atoms with van der Waals surface area (Å²) in [5.74, 6) is 0.167. The van der Waals surface area contributed by atoms with E-state index in [0.29, 0.717) is 12.1 Å². The molecule has 0 saturated carbocycles. The summed E-state index contributed by atoms with van der Waals surface area (Å²) in [5, 5.41) is 4.42. The normalized spacial score (nSPS) is 26.7. The molecule has 0 aromatic carbocycles. The SMILES string of the molecule is CCn1nc(C)cc1C(=O)N1CCC[C@H]1[C@H]1CCCN1C. The molecule has 0 radical (unpaired) electrons.